The third kappa shape index (κ3) is 0.967. The predicted octanol–water partition coefficient (Wildman–Crippen LogP) is 1.72. The van der Waals surface area contributed by atoms with Crippen LogP contribution in [-0.2, 0) is 10.2 Å². The molecule has 0 bridgehead atoms. The molecule has 1 fully saturated rings. The molecule has 11 heavy (non-hydrogen) atoms. The first-order valence-electron chi connectivity index (χ1n) is 3.81. The SMILES string of the molecule is O=CC1(c2[c]cccc2)CC1. The second-order valence-corrected chi connectivity index (χ2v) is 3.05. The van der Waals surface area contributed by atoms with Crippen molar-refractivity contribution in [3.63, 3.8) is 0 Å². The molecule has 0 aliphatic heterocycles. The average molecular weight is 145 g/mol. The first-order chi connectivity index (χ1) is 5.37. The van der Waals surface area contributed by atoms with Crippen molar-refractivity contribution in [1.29, 1.82) is 0 Å². The first kappa shape index (κ1) is 6.59. The summed E-state index contributed by atoms with van der Waals surface area (Å²) < 4.78 is 0. The summed E-state index contributed by atoms with van der Waals surface area (Å²) in [4.78, 5) is 10.7. The van der Waals surface area contributed by atoms with Crippen molar-refractivity contribution in [1.82, 2.24) is 0 Å². The topological polar surface area (TPSA) is 17.1 Å². The molecule has 0 amide bonds. The molecule has 1 saturated carbocycles. The van der Waals surface area contributed by atoms with E-state index in [1.165, 1.54) is 0 Å². The van der Waals surface area contributed by atoms with Crippen LogP contribution >= 0.6 is 0 Å². The van der Waals surface area contributed by atoms with Gasteiger partial charge in [0, 0.05) is 0 Å². The van der Waals surface area contributed by atoms with Gasteiger partial charge in [0.25, 0.3) is 0 Å². The maximum absolute atomic E-state index is 10.7. The minimum Gasteiger partial charge on any atom is -0.302 e. The van der Waals surface area contributed by atoms with Gasteiger partial charge in [-0.05, 0) is 24.5 Å². The van der Waals surface area contributed by atoms with Crippen molar-refractivity contribution in [3.05, 3.63) is 35.9 Å². The Morgan fingerprint density at radius 1 is 1.45 bits per heavy atom. The quantitative estimate of drug-likeness (QED) is 0.579. The van der Waals surface area contributed by atoms with Crippen molar-refractivity contribution in [2.75, 3.05) is 0 Å². The third-order valence-electron chi connectivity index (χ3n) is 2.26. The van der Waals surface area contributed by atoms with Crippen LogP contribution in [0.25, 0.3) is 0 Å². The van der Waals surface area contributed by atoms with Gasteiger partial charge in [0.2, 0.25) is 0 Å². The fourth-order valence-corrected chi connectivity index (χ4v) is 1.29. The van der Waals surface area contributed by atoms with E-state index in [2.05, 4.69) is 6.07 Å². The minimum atomic E-state index is -0.152. The predicted molar refractivity (Wildman–Crippen MR) is 42.3 cm³/mol. The van der Waals surface area contributed by atoms with Crippen LogP contribution < -0.4 is 0 Å². The Kier molecular flexibility index (Phi) is 1.31. The van der Waals surface area contributed by atoms with Crippen molar-refractivity contribution in [2.24, 2.45) is 0 Å². The van der Waals surface area contributed by atoms with Gasteiger partial charge in [-0.1, -0.05) is 24.3 Å². The molecule has 0 atom stereocenters. The zero-order chi connectivity index (χ0) is 7.73. The molecule has 55 valence electrons. The van der Waals surface area contributed by atoms with Gasteiger partial charge < -0.3 is 4.79 Å². The molecular formula is C10H9O. The van der Waals surface area contributed by atoms with Crippen LogP contribution in [0.3, 0.4) is 0 Å². The standard InChI is InChI=1S/C10H9O/c11-8-10(6-7-10)9-4-2-1-3-5-9/h1-4,8H,6-7H2. The molecule has 1 aromatic rings. The Morgan fingerprint density at radius 2 is 2.27 bits per heavy atom. The Morgan fingerprint density at radius 3 is 2.73 bits per heavy atom. The molecule has 2 rings (SSSR count). The summed E-state index contributed by atoms with van der Waals surface area (Å²) in [5, 5.41) is 0. The zero-order valence-electron chi connectivity index (χ0n) is 6.21. The highest BCUT2D eigenvalue weighted by atomic mass is 16.1. The highest BCUT2D eigenvalue weighted by Gasteiger charge is 2.44. The van der Waals surface area contributed by atoms with Crippen molar-refractivity contribution in [3.8, 4) is 0 Å². The third-order valence-corrected chi connectivity index (χ3v) is 2.26. The van der Waals surface area contributed by atoms with E-state index in [0.29, 0.717) is 0 Å². The molecule has 0 unspecified atom stereocenters. The van der Waals surface area contributed by atoms with E-state index >= 15 is 0 Å². The number of aldehydes is 1. The molecule has 1 radical (unpaired) electrons. The van der Waals surface area contributed by atoms with Crippen LogP contribution in [0.15, 0.2) is 24.3 Å². The molecule has 1 aromatic carbocycles. The fourth-order valence-electron chi connectivity index (χ4n) is 1.29. The number of carbonyl (C=O) groups is 1. The summed E-state index contributed by atoms with van der Waals surface area (Å²) in [5.74, 6) is 0. The van der Waals surface area contributed by atoms with E-state index in [9.17, 15) is 4.79 Å². The molecule has 1 nitrogen and oxygen atoms in total. The lowest BCUT2D eigenvalue weighted by Crippen LogP contribution is -2.06. The van der Waals surface area contributed by atoms with E-state index in [-0.39, 0.29) is 5.41 Å². The summed E-state index contributed by atoms with van der Waals surface area (Å²) in [7, 11) is 0. The van der Waals surface area contributed by atoms with Crippen LogP contribution in [0, 0.1) is 6.07 Å². The highest BCUT2D eigenvalue weighted by Crippen LogP contribution is 2.45. The second kappa shape index (κ2) is 2.19. The molecule has 0 aromatic heterocycles. The molecule has 1 aliphatic carbocycles. The van der Waals surface area contributed by atoms with E-state index in [1.54, 1.807) is 0 Å². The van der Waals surface area contributed by atoms with E-state index in [4.69, 9.17) is 0 Å². The maximum atomic E-state index is 10.7. The number of rotatable bonds is 2. The maximum Gasteiger partial charge on any atom is 0.130 e. The first-order valence-corrected chi connectivity index (χ1v) is 3.81. The molecule has 0 heterocycles. The number of benzene rings is 1. The summed E-state index contributed by atoms with van der Waals surface area (Å²) in [6.45, 7) is 0. The Labute approximate surface area is 66.0 Å². The van der Waals surface area contributed by atoms with E-state index in [1.807, 2.05) is 24.3 Å². The largest absolute Gasteiger partial charge is 0.302 e. The van der Waals surface area contributed by atoms with E-state index in [0.717, 1.165) is 24.7 Å². The summed E-state index contributed by atoms with van der Waals surface area (Å²) in [6, 6.07) is 10.8. The molecule has 0 spiro atoms. The molecule has 1 aliphatic rings. The Hall–Kier alpha value is -1.11. The normalized spacial score (nSPS) is 19.3. The monoisotopic (exact) mass is 145 g/mol. The lowest BCUT2D eigenvalue weighted by molar-refractivity contribution is -0.109. The van der Waals surface area contributed by atoms with Crippen LogP contribution in [0.1, 0.15) is 18.4 Å². The van der Waals surface area contributed by atoms with Crippen LogP contribution in [-0.4, -0.2) is 6.29 Å². The van der Waals surface area contributed by atoms with Crippen molar-refractivity contribution < 1.29 is 4.79 Å². The molecule has 1 heteroatoms. The lowest BCUT2D eigenvalue weighted by atomic mass is 9.98. The number of hydrogen-bond donors (Lipinski definition) is 0. The van der Waals surface area contributed by atoms with Gasteiger partial charge in [-0.25, -0.2) is 0 Å². The van der Waals surface area contributed by atoms with Gasteiger partial charge >= 0.3 is 0 Å². The van der Waals surface area contributed by atoms with Gasteiger partial charge in [-0.3, -0.25) is 0 Å². The molecular weight excluding hydrogens is 136 g/mol. The van der Waals surface area contributed by atoms with Gasteiger partial charge in [0.05, 0.1) is 5.41 Å². The van der Waals surface area contributed by atoms with Crippen LogP contribution in [0.5, 0.6) is 0 Å². The van der Waals surface area contributed by atoms with Gasteiger partial charge in [-0.15, -0.1) is 0 Å². The summed E-state index contributed by atoms with van der Waals surface area (Å²) in [5.41, 5.74) is 0.899. The fraction of sp³-hybridized carbons (Fsp3) is 0.300. The van der Waals surface area contributed by atoms with Crippen molar-refractivity contribution >= 4 is 6.29 Å². The Balaban J connectivity index is 2.37. The minimum absolute atomic E-state index is 0.152. The van der Waals surface area contributed by atoms with Crippen molar-refractivity contribution in [2.45, 2.75) is 18.3 Å². The second-order valence-electron chi connectivity index (χ2n) is 3.05. The summed E-state index contributed by atoms with van der Waals surface area (Å²) >= 11 is 0. The lowest BCUT2D eigenvalue weighted by Gasteiger charge is -2.04. The number of carbonyl (C=O) groups excluding carboxylic acids is 1. The summed E-state index contributed by atoms with van der Waals surface area (Å²) in [6.07, 6.45) is 3.05. The van der Waals surface area contributed by atoms with Crippen LogP contribution in [0.4, 0.5) is 0 Å². The van der Waals surface area contributed by atoms with E-state index < -0.39 is 0 Å². The molecule has 0 saturated heterocycles. The van der Waals surface area contributed by atoms with Gasteiger partial charge in [0.1, 0.15) is 6.29 Å². The zero-order valence-corrected chi connectivity index (χ0v) is 6.21. The number of hydrogen-bond acceptors (Lipinski definition) is 1. The van der Waals surface area contributed by atoms with Crippen LogP contribution in [0.2, 0.25) is 0 Å². The highest BCUT2D eigenvalue weighted by molar-refractivity contribution is 5.72. The molecule has 0 N–H and O–H groups in total. The average Bonchev–Trinajstić information content (AvgIpc) is 2.86. The van der Waals surface area contributed by atoms with Gasteiger partial charge in [-0.2, -0.15) is 0 Å². The smallest absolute Gasteiger partial charge is 0.130 e. The van der Waals surface area contributed by atoms with Gasteiger partial charge in [0.15, 0.2) is 0 Å². The Bertz CT molecular complexity index is 259.